The van der Waals surface area contributed by atoms with Crippen LogP contribution in [0.2, 0.25) is 0 Å². The molecule has 0 spiro atoms. The highest BCUT2D eigenvalue weighted by atomic mass is 32.2. The highest BCUT2D eigenvalue weighted by molar-refractivity contribution is 7.98. The third-order valence-electron chi connectivity index (χ3n) is 4.58. The maximum absolute atomic E-state index is 12.9. The van der Waals surface area contributed by atoms with Gasteiger partial charge in [-0.15, -0.1) is 0 Å². The van der Waals surface area contributed by atoms with E-state index in [2.05, 4.69) is 21.5 Å². The first-order valence-electron chi connectivity index (χ1n) is 8.06. The molecule has 4 nitrogen and oxygen atoms in total. The summed E-state index contributed by atoms with van der Waals surface area (Å²) in [4.78, 5) is 8.71. The molecule has 0 saturated heterocycles. The van der Waals surface area contributed by atoms with Gasteiger partial charge in [-0.3, -0.25) is 4.57 Å². The number of nitrogens with zero attached hydrogens (tertiary/aromatic N) is 4. The summed E-state index contributed by atoms with van der Waals surface area (Å²) in [6, 6.07) is 0.488. The van der Waals surface area contributed by atoms with Crippen molar-refractivity contribution in [1.82, 2.24) is 19.1 Å². The van der Waals surface area contributed by atoms with E-state index in [4.69, 9.17) is 0 Å². The minimum atomic E-state index is -2.55. The Morgan fingerprint density at radius 1 is 1.26 bits per heavy atom. The Bertz CT molecular complexity index is 659. The van der Waals surface area contributed by atoms with Crippen LogP contribution >= 0.6 is 11.8 Å². The van der Waals surface area contributed by atoms with E-state index in [1.54, 1.807) is 0 Å². The van der Waals surface area contributed by atoms with E-state index in [-0.39, 0.29) is 0 Å². The predicted octanol–water partition coefficient (Wildman–Crippen LogP) is 4.89. The van der Waals surface area contributed by atoms with Gasteiger partial charge in [0, 0.05) is 24.1 Å². The lowest BCUT2D eigenvalue weighted by Crippen LogP contribution is -2.15. The smallest absolute Gasteiger partial charge is 0.319 e. The quantitative estimate of drug-likeness (QED) is 0.727. The Morgan fingerprint density at radius 3 is 2.70 bits per heavy atom. The Morgan fingerprint density at radius 2 is 2.00 bits per heavy atom. The Labute approximate surface area is 139 Å². The number of imidazole rings is 2. The molecular formula is C16H22F2N4S. The molecule has 1 aliphatic carbocycles. The maximum Gasteiger partial charge on any atom is 0.319 e. The lowest BCUT2D eigenvalue weighted by Gasteiger charge is -2.26. The third kappa shape index (κ3) is 3.44. The first-order chi connectivity index (χ1) is 11.1. The molecule has 23 heavy (non-hydrogen) atoms. The summed E-state index contributed by atoms with van der Waals surface area (Å²) in [5.74, 6) is 0.790. The molecule has 1 aliphatic rings. The summed E-state index contributed by atoms with van der Waals surface area (Å²) in [5, 5.41) is 0.927. The molecule has 7 heteroatoms. The first-order valence-corrected chi connectivity index (χ1v) is 9.04. The molecule has 126 valence electrons. The van der Waals surface area contributed by atoms with Gasteiger partial charge in [-0.2, -0.15) is 8.78 Å². The molecule has 2 heterocycles. The van der Waals surface area contributed by atoms with Crippen LogP contribution in [0.25, 0.3) is 0 Å². The fourth-order valence-electron chi connectivity index (χ4n) is 3.23. The van der Waals surface area contributed by atoms with Gasteiger partial charge in [-0.1, -0.05) is 31.0 Å². The van der Waals surface area contributed by atoms with E-state index in [1.165, 1.54) is 62.0 Å². The van der Waals surface area contributed by atoms with Crippen LogP contribution in [0, 0.1) is 13.8 Å². The van der Waals surface area contributed by atoms with E-state index < -0.39 is 6.55 Å². The van der Waals surface area contributed by atoms with Crippen molar-refractivity contribution >= 4 is 11.8 Å². The number of halogens is 2. The summed E-state index contributed by atoms with van der Waals surface area (Å²) >= 11 is 1.50. The maximum atomic E-state index is 12.9. The van der Waals surface area contributed by atoms with Crippen molar-refractivity contribution in [2.45, 2.75) is 69.5 Å². The molecule has 1 saturated carbocycles. The molecule has 0 amide bonds. The number of aryl methyl sites for hydroxylation is 1. The number of hydrogen-bond acceptors (Lipinski definition) is 3. The van der Waals surface area contributed by atoms with Crippen molar-refractivity contribution in [1.29, 1.82) is 0 Å². The van der Waals surface area contributed by atoms with Gasteiger partial charge >= 0.3 is 6.55 Å². The molecule has 3 rings (SSSR count). The molecule has 0 bridgehead atoms. The van der Waals surface area contributed by atoms with Gasteiger partial charge in [-0.05, 0) is 26.7 Å². The summed E-state index contributed by atoms with van der Waals surface area (Å²) in [5.41, 5.74) is 2.21. The van der Waals surface area contributed by atoms with Gasteiger partial charge in [0.1, 0.15) is 5.82 Å². The highest BCUT2D eigenvalue weighted by Gasteiger charge is 2.22. The normalized spacial score (nSPS) is 16.4. The Balaban J connectivity index is 1.79. The molecule has 0 aromatic carbocycles. The summed E-state index contributed by atoms with van der Waals surface area (Å²) in [6.07, 6.45) is 8.91. The zero-order valence-electron chi connectivity index (χ0n) is 13.5. The SMILES string of the molecule is Cc1nc(SCc2nccn2C(F)F)n(C2CCCCC2)c1C. The van der Waals surface area contributed by atoms with Gasteiger partial charge in [0.25, 0.3) is 0 Å². The van der Waals surface area contributed by atoms with Crippen LogP contribution in [0.1, 0.15) is 61.9 Å². The van der Waals surface area contributed by atoms with Crippen LogP contribution in [0.4, 0.5) is 8.78 Å². The molecular weight excluding hydrogens is 318 g/mol. The second-order valence-electron chi connectivity index (χ2n) is 6.04. The summed E-state index contributed by atoms with van der Waals surface area (Å²) < 4.78 is 29.1. The van der Waals surface area contributed by atoms with Crippen LogP contribution in [-0.2, 0) is 5.75 Å². The second-order valence-corrected chi connectivity index (χ2v) is 6.99. The van der Waals surface area contributed by atoms with Crippen molar-refractivity contribution in [3.63, 3.8) is 0 Å². The minimum absolute atomic E-state index is 0.388. The first kappa shape index (κ1) is 16.5. The Hall–Kier alpha value is -1.37. The monoisotopic (exact) mass is 340 g/mol. The zero-order valence-corrected chi connectivity index (χ0v) is 14.3. The van der Waals surface area contributed by atoms with E-state index >= 15 is 0 Å². The molecule has 0 atom stereocenters. The van der Waals surface area contributed by atoms with Crippen molar-refractivity contribution < 1.29 is 8.78 Å². The van der Waals surface area contributed by atoms with Crippen LogP contribution in [0.5, 0.6) is 0 Å². The van der Waals surface area contributed by atoms with Crippen LogP contribution < -0.4 is 0 Å². The zero-order chi connectivity index (χ0) is 16.4. The number of aromatic nitrogens is 4. The molecule has 0 N–H and O–H groups in total. The van der Waals surface area contributed by atoms with Gasteiger partial charge in [-0.25, -0.2) is 9.97 Å². The van der Waals surface area contributed by atoms with Crippen molar-refractivity contribution in [2.24, 2.45) is 0 Å². The average molecular weight is 340 g/mol. The van der Waals surface area contributed by atoms with Crippen LogP contribution in [0.15, 0.2) is 17.6 Å². The van der Waals surface area contributed by atoms with Gasteiger partial charge in [0.2, 0.25) is 0 Å². The average Bonchev–Trinajstić information content (AvgIpc) is 3.12. The molecule has 0 radical (unpaired) electrons. The summed E-state index contributed by atoms with van der Waals surface area (Å²) in [7, 11) is 0. The molecule has 0 unspecified atom stereocenters. The van der Waals surface area contributed by atoms with Crippen LogP contribution in [-0.4, -0.2) is 19.1 Å². The lowest BCUT2D eigenvalue weighted by molar-refractivity contribution is 0.0678. The van der Waals surface area contributed by atoms with Crippen molar-refractivity contribution in [3.05, 3.63) is 29.6 Å². The molecule has 2 aromatic heterocycles. The summed E-state index contributed by atoms with van der Waals surface area (Å²) in [6.45, 7) is 1.56. The molecule has 1 fully saturated rings. The van der Waals surface area contributed by atoms with Crippen molar-refractivity contribution in [3.8, 4) is 0 Å². The molecule has 0 aliphatic heterocycles. The van der Waals surface area contributed by atoms with Gasteiger partial charge in [0.05, 0.1) is 11.4 Å². The van der Waals surface area contributed by atoms with E-state index in [1.807, 2.05) is 6.92 Å². The Kier molecular flexibility index (Phi) is 5.04. The topological polar surface area (TPSA) is 35.6 Å². The fraction of sp³-hybridized carbons (Fsp3) is 0.625. The number of alkyl halides is 2. The van der Waals surface area contributed by atoms with E-state index in [9.17, 15) is 8.78 Å². The predicted molar refractivity (Wildman–Crippen MR) is 86.9 cm³/mol. The molecule has 2 aromatic rings. The third-order valence-corrected chi connectivity index (χ3v) is 5.53. The van der Waals surface area contributed by atoms with E-state index in [0.717, 1.165) is 15.4 Å². The minimum Gasteiger partial charge on any atom is -0.320 e. The van der Waals surface area contributed by atoms with Crippen LogP contribution in [0.3, 0.4) is 0 Å². The number of thioether (sulfide) groups is 1. The number of hydrogen-bond donors (Lipinski definition) is 0. The second kappa shape index (κ2) is 7.03. The largest absolute Gasteiger partial charge is 0.320 e. The number of rotatable bonds is 5. The standard InChI is InChI=1S/C16H22F2N4S/c1-11-12(2)22(13-6-4-3-5-7-13)16(20-11)23-10-14-19-8-9-21(14)15(17)18/h8-9,13,15H,3-7,10H2,1-2H3. The van der Waals surface area contributed by atoms with Gasteiger partial charge < -0.3 is 4.57 Å². The highest BCUT2D eigenvalue weighted by Crippen LogP contribution is 2.35. The lowest BCUT2D eigenvalue weighted by atomic mass is 9.95. The van der Waals surface area contributed by atoms with Crippen molar-refractivity contribution in [2.75, 3.05) is 0 Å². The fourth-order valence-corrected chi connectivity index (χ4v) is 4.34. The van der Waals surface area contributed by atoms with E-state index in [0.29, 0.717) is 17.6 Å². The van der Waals surface area contributed by atoms with Gasteiger partial charge in [0.15, 0.2) is 5.16 Å².